The molecule has 0 spiro atoms. The van der Waals surface area contributed by atoms with E-state index < -0.39 is 6.43 Å². The highest BCUT2D eigenvalue weighted by molar-refractivity contribution is 4.66. The first-order valence-electron chi connectivity index (χ1n) is 5.26. The van der Waals surface area contributed by atoms with Gasteiger partial charge in [-0.1, -0.05) is 0 Å². The zero-order valence-corrected chi connectivity index (χ0v) is 9.80. The molecule has 0 aliphatic rings. The Hall–Kier alpha value is -0.260. The second-order valence-corrected chi connectivity index (χ2v) is 3.73. The van der Waals surface area contributed by atoms with Crippen LogP contribution in [0, 0.1) is 0 Å². The highest BCUT2D eigenvalue weighted by Crippen LogP contribution is 2.00. The van der Waals surface area contributed by atoms with Gasteiger partial charge in [-0.2, -0.15) is 0 Å². The first-order valence-corrected chi connectivity index (χ1v) is 5.26. The number of alkyl halides is 2. The van der Waals surface area contributed by atoms with E-state index >= 15 is 0 Å². The average molecular weight is 224 g/mol. The number of halogens is 2. The maximum Gasteiger partial charge on any atom is 0.251 e. The summed E-state index contributed by atoms with van der Waals surface area (Å²) < 4.78 is 29.0. The van der Waals surface area contributed by atoms with Crippen molar-refractivity contribution in [2.45, 2.75) is 25.8 Å². The van der Waals surface area contributed by atoms with E-state index in [2.05, 4.69) is 5.32 Å². The molecule has 0 saturated carbocycles. The summed E-state index contributed by atoms with van der Waals surface area (Å²) in [7, 11) is 3.38. The van der Waals surface area contributed by atoms with E-state index in [-0.39, 0.29) is 12.6 Å². The molecule has 0 fully saturated rings. The van der Waals surface area contributed by atoms with Crippen molar-refractivity contribution >= 4 is 0 Å². The summed E-state index contributed by atoms with van der Waals surface area (Å²) in [5.74, 6) is 0. The number of hydrogen-bond donors (Lipinski definition) is 1. The SMILES string of the molecule is COCCCNCC(C)N(C)CC(F)F. The number of ether oxygens (including phenoxy) is 1. The van der Waals surface area contributed by atoms with Crippen molar-refractivity contribution < 1.29 is 13.5 Å². The molecule has 0 rings (SSSR count). The number of hydrogen-bond acceptors (Lipinski definition) is 3. The highest BCUT2D eigenvalue weighted by Gasteiger charge is 2.13. The van der Waals surface area contributed by atoms with E-state index in [0.717, 1.165) is 26.1 Å². The molecule has 92 valence electrons. The van der Waals surface area contributed by atoms with Gasteiger partial charge in [-0.15, -0.1) is 0 Å². The molecule has 0 aromatic carbocycles. The van der Waals surface area contributed by atoms with Gasteiger partial charge in [-0.25, -0.2) is 8.78 Å². The van der Waals surface area contributed by atoms with Gasteiger partial charge in [-0.05, 0) is 26.9 Å². The molecule has 0 saturated heterocycles. The predicted molar refractivity (Wildman–Crippen MR) is 57.5 cm³/mol. The summed E-state index contributed by atoms with van der Waals surface area (Å²) >= 11 is 0. The van der Waals surface area contributed by atoms with E-state index in [9.17, 15) is 8.78 Å². The number of methoxy groups -OCH3 is 1. The van der Waals surface area contributed by atoms with Crippen LogP contribution in [0.25, 0.3) is 0 Å². The highest BCUT2D eigenvalue weighted by atomic mass is 19.3. The van der Waals surface area contributed by atoms with Gasteiger partial charge >= 0.3 is 0 Å². The summed E-state index contributed by atoms with van der Waals surface area (Å²) in [6.07, 6.45) is -1.31. The van der Waals surface area contributed by atoms with Crippen LogP contribution in [0.1, 0.15) is 13.3 Å². The van der Waals surface area contributed by atoms with Crippen LogP contribution in [-0.2, 0) is 4.74 Å². The van der Waals surface area contributed by atoms with Crippen molar-refractivity contribution in [1.29, 1.82) is 0 Å². The van der Waals surface area contributed by atoms with Crippen LogP contribution in [0.15, 0.2) is 0 Å². The topological polar surface area (TPSA) is 24.5 Å². The lowest BCUT2D eigenvalue weighted by Gasteiger charge is -2.24. The van der Waals surface area contributed by atoms with Crippen LogP contribution in [0.2, 0.25) is 0 Å². The Balaban J connectivity index is 3.42. The molecular formula is C10H22F2N2O. The smallest absolute Gasteiger partial charge is 0.251 e. The molecule has 0 aliphatic heterocycles. The molecule has 5 heteroatoms. The van der Waals surface area contributed by atoms with Gasteiger partial charge in [0.25, 0.3) is 6.43 Å². The molecule has 0 aromatic rings. The van der Waals surface area contributed by atoms with E-state index in [4.69, 9.17) is 4.74 Å². The average Bonchev–Trinajstić information content (AvgIpc) is 2.16. The van der Waals surface area contributed by atoms with Crippen molar-refractivity contribution in [3.63, 3.8) is 0 Å². The summed E-state index contributed by atoms with van der Waals surface area (Å²) in [4.78, 5) is 1.66. The van der Waals surface area contributed by atoms with Crippen LogP contribution in [-0.4, -0.2) is 57.8 Å². The monoisotopic (exact) mass is 224 g/mol. The van der Waals surface area contributed by atoms with Gasteiger partial charge in [0.15, 0.2) is 0 Å². The maximum atomic E-state index is 12.1. The Labute approximate surface area is 90.8 Å². The molecule has 0 aromatic heterocycles. The van der Waals surface area contributed by atoms with E-state index in [1.807, 2.05) is 6.92 Å². The van der Waals surface area contributed by atoms with Crippen molar-refractivity contribution in [3.05, 3.63) is 0 Å². The number of nitrogens with zero attached hydrogens (tertiary/aromatic N) is 1. The molecule has 1 atom stereocenters. The third-order valence-corrected chi connectivity index (χ3v) is 2.32. The summed E-state index contributed by atoms with van der Waals surface area (Å²) in [5, 5.41) is 3.21. The Morgan fingerprint density at radius 2 is 2.07 bits per heavy atom. The first-order chi connectivity index (χ1) is 7.07. The Bertz CT molecular complexity index is 147. The predicted octanol–water partition coefficient (Wildman–Crippen LogP) is 1.20. The largest absolute Gasteiger partial charge is 0.385 e. The second-order valence-electron chi connectivity index (χ2n) is 3.73. The minimum absolute atomic E-state index is 0.126. The van der Waals surface area contributed by atoms with Crippen LogP contribution >= 0.6 is 0 Å². The number of likely N-dealkylation sites (N-methyl/N-ethyl adjacent to an activating group) is 1. The Kier molecular flexibility index (Phi) is 8.85. The van der Waals surface area contributed by atoms with Crippen molar-refractivity contribution in [1.82, 2.24) is 10.2 Å². The molecular weight excluding hydrogens is 202 g/mol. The lowest BCUT2D eigenvalue weighted by Crippen LogP contribution is -2.40. The zero-order valence-electron chi connectivity index (χ0n) is 9.80. The van der Waals surface area contributed by atoms with Crippen LogP contribution in [0.4, 0.5) is 8.78 Å². The third-order valence-electron chi connectivity index (χ3n) is 2.32. The van der Waals surface area contributed by atoms with Gasteiger partial charge in [0, 0.05) is 26.3 Å². The van der Waals surface area contributed by atoms with Gasteiger partial charge < -0.3 is 10.1 Å². The fourth-order valence-electron chi connectivity index (χ4n) is 1.21. The number of rotatable bonds is 9. The van der Waals surface area contributed by atoms with Gasteiger partial charge in [0.1, 0.15) is 0 Å². The van der Waals surface area contributed by atoms with E-state index in [0.29, 0.717) is 0 Å². The first kappa shape index (κ1) is 14.7. The molecule has 0 radical (unpaired) electrons. The Morgan fingerprint density at radius 1 is 1.40 bits per heavy atom. The molecule has 0 aliphatic carbocycles. The third kappa shape index (κ3) is 8.72. The molecule has 1 N–H and O–H groups in total. The fourth-order valence-corrected chi connectivity index (χ4v) is 1.21. The maximum absolute atomic E-state index is 12.1. The summed E-state index contributed by atoms with van der Waals surface area (Å²) in [6.45, 7) is 4.09. The minimum atomic E-state index is -2.26. The minimum Gasteiger partial charge on any atom is -0.385 e. The molecule has 0 heterocycles. The zero-order chi connectivity index (χ0) is 11.7. The fraction of sp³-hybridized carbons (Fsp3) is 1.00. The molecule has 1 unspecified atom stereocenters. The Morgan fingerprint density at radius 3 is 2.60 bits per heavy atom. The molecule has 0 amide bonds. The molecule has 0 bridgehead atoms. The lowest BCUT2D eigenvalue weighted by molar-refractivity contribution is 0.0839. The second kappa shape index (κ2) is 9.00. The van der Waals surface area contributed by atoms with Crippen LogP contribution in [0.5, 0.6) is 0 Å². The van der Waals surface area contributed by atoms with E-state index in [1.165, 1.54) is 0 Å². The van der Waals surface area contributed by atoms with Crippen LogP contribution < -0.4 is 5.32 Å². The van der Waals surface area contributed by atoms with Gasteiger partial charge in [-0.3, -0.25) is 4.90 Å². The van der Waals surface area contributed by atoms with Crippen molar-refractivity contribution in [2.75, 3.05) is 40.4 Å². The molecule has 3 nitrogen and oxygen atoms in total. The standard InChI is InChI=1S/C10H22F2N2O/c1-9(14(2)8-10(11)12)7-13-5-4-6-15-3/h9-10,13H,4-8H2,1-3H3. The normalized spacial score (nSPS) is 13.8. The summed E-state index contributed by atoms with van der Waals surface area (Å²) in [6, 6.07) is 0.126. The summed E-state index contributed by atoms with van der Waals surface area (Å²) in [5.41, 5.74) is 0. The van der Waals surface area contributed by atoms with E-state index in [1.54, 1.807) is 19.1 Å². The van der Waals surface area contributed by atoms with Gasteiger partial charge in [0.2, 0.25) is 0 Å². The lowest BCUT2D eigenvalue weighted by atomic mass is 10.3. The number of nitrogens with one attached hydrogen (secondary N) is 1. The molecule has 15 heavy (non-hydrogen) atoms. The van der Waals surface area contributed by atoms with Crippen molar-refractivity contribution in [2.24, 2.45) is 0 Å². The quantitative estimate of drug-likeness (QED) is 0.596. The van der Waals surface area contributed by atoms with Crippen LogP contribution in [0.3, 0.4) is 0 Å². The van der Waals surface area contributed by atoms with Crippen molar-refractivity contribution in [3.8, 4) is 0 Å². The van der Waals surface area contributed by atoms with Gasteiger partial charge in [0.05, 0.1) is 6.54 Å².